The van der Waals surface area contributed by atoms with Crippen molar-refractivity contribution in [2.45, 2.75) is 25.3 Å². The number of piperidine rings is 1. The standard InChI is InChI=1S/C16H20N2O2S/c19-16(14-6-4-10-20-14)17-12-13(15-7-5-11-21-15)18-8-2-1-3-9-18/h4-7,10-11,13H,1-3,8-9,12H2,(H,17,19)/t13-/m1/s1. The third-order valence-corrected chi connectivity index (χ3v) is 4.88. The Morgan fingerprint density at radius 1 is 1.29 bits per heavy atom. The van der Waals surface area contributed by atoms with Crippen LogP contribution < -0.4 is 5.32 Å². The number of rotatable bonds is 5. The van der Waals surface area contributed by atoms with Crippen LogP contribution >= 0.6 is 11.3 Å². The Balaban J connectivity index is 1.66. The van der Waals surface area contributed by atoms with Gasteiger partial charge in [-0.1, -0.05) is 12.5 Å². The van der Waals surface area contributed by atoms with Crippen molar-refractivity contribution in [2.24, 2.45) is 0 Å². The number of hydrogen-bond acceptors (Lipinski definition) is 4. The Labute approximate surface area is 128 Å². The lowest BCUT2D eigenvalue weighted by molar-refractivity contribution is 0.0898. The van der Waals surface area contributed by atoms with Crippen molar-refractivity contribution in [1.29, 1.82) is 0 Å². The molecule has 1 fully saturated rings. The fraction of sp³-hybridized carbons (Fsp3) is 0.438. The second kappa shape index (κ2) is 6.91. The molecule has 1 atom stereocenters. The van der Waals surface area contributed by atoms with Gasteiger partial charge in [-0.2, -0.15) is 0 Å². The molecule has 3 heterocycles. The van der Waals surface area contributed by atoms with Crippen LogP contribution in [-0.2, 0) is 0 Å². The van der Waals surface area contributed by atoms with E-state index in [9.17, 15) is 4.79 Å². The predicted molar refractivity (Wildman–Crippen MR) is 83.5 cm³/mol. The fourth-order valence-electron chi connectivity index (χ4n) is 2.80. The Bertz CT molecular complexity index is 545. The van der Waals surface area contributed by atoms with E-state index in [0.29, 0.717) is 12.3 Å². The van der Waals surface area contributed by atoms with Gasteiger partial charge in [-0.3, -0.25) is 9.69 Å². The average Bonchev–Trinajstić information content (AvgIpc) is 3.22. The van der Waals surface area contributed by atoms with Crippen molar-refractivity contribution < 1.29 is 9.21 Å². The lowest BCUT2D eigenvalue weighted by Crippen LogP contribution is -2.40. The van der Waals surface area contributed by atoms with Gasteiger partial charge in [-0.15, -0.1) is 11.3 Å². The van der Waals surface area contributed by atoms with E-state index in [2.05, 4.69) is 27.7 Å². The Morgan fingerprint density at radius 2 is 2.14 bits per heavy atom. The number of carbonyl (C=O) groups excluding carboxylic acids is 1. The molecular weight excluding hydrogens is 284 g/mol. The summed E-state index contributed by atoms with van der Waals surface area (Å²) in [5, 5.41) is 5.10. The van der Waals surface area contributed by atoms with Crippen molar-refractivity contribution in [1.82, 2.24) is 10.2 Å². The Kier molecular flexibility index (Phi) is 4.72. The van der Waals surface area contributed by atoms with Crippen molar-refractivity contribution in [2.75, 3.05) is 19.6 Å². The van der Waals surface area contributed by atoms with Gasteiger partial charge in [0.15, 0.2) is 5.76 Å². The normalized spacial score (nSPS) is 17.5. The molecule has 5 heteroatoms. The molecule has 1 aliphatic rings. The van der Waals surface area contributed by atoms with Crippen LogP contribution in [0.2, 0.25) is 0 Å². The number of thiophene rings is 1. The summed E-state index contributed by atoms with van der Waals surface area (Å²) in [6.07, 6.45) is 5.32. The SMILES string of the molecule is O=C(NC[C@H](c1cccs1)N1CCCCC1)c1ccco1. The van der Waals surface area contributed by atoms with E-state index in [1.807, 2.05) is 0 Å². The number of hydrogen-bond donors (Lipinski definition) is 1. The third-order valence-electron chi connectivity index (χ3n) is 3.90. The summed E-state index contributed by atoms with van der Waals surface area (Å²) >= 11 is 1.76. The van der Waals surface area contributed by atoms with Crippen LogP contribution in [0.25, 0.3) is 0 Å². The van der Waals surface area contributed by atoms with E-state index in [0.717, 1.165) is 13.1 Å². The first-order chi connectivity index (χ1) is 10.3. The predicted octanol–water partition coefficient (Wildman–Crippen LogP) is 3.30. The van der Waals surface area contributed by atoms with Gasteiger partial charge in [0, 0.05) is 11.4 Å². The van der Waals surface area contributed by atoms with Crippen molar-refractivity contribution in [3.05, 3.63) is 46.5 Å². The van der Waals surface area contributed by atoms with Crippen LogP contribution in [0.1, 0.15) is 40.7 Å². The molecule has 1 saturated heterocycles. The second-order valence-electron chi connectivity index (χ2n) is 5.32. The van der Waals surface area contributed by atoms with Crippen LogP contribution in [0.4, 0.5) is 0 Å². The first kappa shape index (κ1) is 14.4. The van der Waals surface area contributed by atoms with Crippen molar-refractivity contribution in [3.8, 4) is 0 Å². The lowest BCUT2D eigenvalue weighted by atomic mass is 10.1. The molecule has 0 aliphatic carbocycles. The number of carbonyl (C=O) groups is 1. The summed E-state index contributed by atoms with van der Waals surface area (Å²) in [6.45, 7) is 2.85. The van der Waals surface area contributed by atoms with E-state index >= 15 is 0 Å². The summed E-state index contributed by atoms with van der Waals surface area (Å²) in [6, 6.07) is 7.92. The molecule has 0 saturated carbocycles. The molecule has 2 aromatic rings. The zero-order valence-corrected chi connectivity index (χ0v) is 12.8. The molecule has 2 aromatic heterocycles. The maximum Gasteiger partial charge on any atom is 0.287 e. The monoisotopic (exact) mass is 304 g/mol. The molecule has 4 nitrogen and oxygen atoms in total. The highest BCUT2D eigenvalue weighted by molar-refractivity contribution is 7.10. The van der Waals surface area contributed by atoms with Crippen LogP contribution in [-0.4, -0.2) is 30.4 Å². The molecule has 0 bridgehead atoms. The highest BCUT2D eigenvalue weighted by Crippen LogP contribution is 2.27. The highest BCUT2D eigenvalue weighted by Gasteiger charge is 2.24. The number of amides is 1. The number of likely N-dealkylation sites (tertiary alicyclic amines) is 1. The lowest BCUT2D eigenvalue weighted by Gasteiger charge is -2.34. The van der Waals surface area contributed by atoms with E-state index in [-0.39, 0.29) is 11.9 Å². The zero-order chi connectivity index (χ0) is 14.5. The van der Waals surface area contributed by atoms with Crippen LogP contribution in [0.3, 0.4) is 0 Å². The maximum absolute atomic E-state index is 12.0. The molecule has 0 aromatic carbocycles. The highest BCUT2D eigenvalue weighted by atomic mass is 32.1. The minimum Gasteiger partial charge on any atom is -0.459 e. The van der Waals surface area contributed by atoms with E-state index in [1.54, 1.807) is 23.5 Å². The molecule has 1 amide bonds. The quantitative estimate of drug-likeness (QED) is 0.922. The van der Waals surface area contributed by atoms with Gasteiger partial charge < -0.3 is 9.73 Å². The first-order valence-electron chi connectivity index (χ1n) is 7.44. The number of nitrogens with zero attached hydrogens (tertiary/aromatic N) is 1. The minimum atomic E-state index is -0.140. The molecule has 112 valence electrons. The maximum atomic E-state index is 12.0. The average molecular weight is 304 g/mol. The van der Waals surface area contributed by atoms with E-state index in [1.165, 1.54) is 30.4 Å². The molecule has 0 radical (unpaired) electrons. The van der Waals surface area contributed by atoms with Gasteiger partial charge in [-0.05, 0) is 49.5 Å². The Morgan fingerprint density at radius 3 is 2.81 bits per heavy atom. The van der Waals surface area contributed by atoms with Gasteiger partial charge in [0.2, 0.25) is 0 Å². The minimum absolute atomic E-state index is 0.140. The molecule has 21 heavy (non-hydrogen) atoms. The van der Waals surface area contributed by atoms with E-state index < -0.39 is 0 Å². The summed E-state index contributed by atoms with van der Waals surface area (Å²) in [5.74, 6) is 0.233. The smallest absolute Gasteiger partial charge is 0.287 e. The van der Waals surface area contributed by atoms with Crippen LogP contribution in [0, 0.1) is 0 Å². The van der Waals surface area contributed by atoms with Crippen molar-refractivity contribution >= 4 is 17.2 Å². The third kappa shape index (κ3) is 3.54. The van der Waals surface area contributed by atoms with E-state index in [4.69, 9.17) is 4.42 Å². The van der Waals surface area contributed by atoms with Gasteiger partial charge in [0.05, 0.1) is 12.3 Å². The summed E-state index contributed by atoms with van der Waals surface area (Å²) < 4.78 is 5.14. The molecule has 3 rings (SSSR count). The van der Waals surface area contributed by atoms with Crippen LogP contribution in [0.5, 0.6) is 0 Å². The summed E-state index contributed by atoms with van der Waals surface area (Å²) in [4.78, 5) is 15.8. The molecule has 1 N–H and O–H groups in total. The molecule has 0 unspecified atom stereocenters. The zero-order valence-electron chi connectivity index (χ0n) is 12.0. The van der Waals surface area contributed by atoms with Crippen LogP contribution in [0.15, 0.2) is 40.3 Å². The topological polar surface area (TPSA) is 45.5 Å². The number of nitrogens with one attached hydrogen (secondary N) is 1. The largest absolute Gasteiger partial charge is 0.459 e. The number of furan rings is 1. The van der Waals surface area contributed by atoms with Gasteiger partial charge in [-0.25, -0.2) is 0 Å². The molecule has 0 spiro atoms. The van der Waals surface area contributed by atoms with Crippen molar-refractivity contribution in [3.63, 3.8) is 0 Å². The fourth-order valence-corrected chi connectivity index (χ4v) is 3.67. The van der Waals surface area contributed by atoms with Gasteiger partial charge in [0.25, 0.3) is 5.91 Å². The molecular formula is C16H20N2O2S. The summed E-state index contributed by atoms with van der Waals surface area (Å²) in [5.41, 5.74) is 0. The molecule has 1 aliphatic heterocycles. The van der Waals surface area contributed by atoms with Gasteiger partial charge >= 0.3 is 0 Å². The Hall–Kier alpha value is -1.59. The van der Waals surface area contributed by atoms with Gasteiger partial charge in [0.1, 0.15) is 0 Å². The second-order valence-corrected chi connectivity index (χ2v) is 6.29. The first-order valence-corrected chi connectivity index (χ1v) is 8.32. The summed E-state index contributed by atoms with van der Waals surface area (Å²) in [7, 11) is 0.